The third-order valence-corrected chi connectivity index (χ3v) is 6.15. The highest BCUT2D eigenvalue weighted by Crippen LogP contribution is 2.26. The molecule has 0 aliphatic carbocycles. The molecule has 0 spiro atoms. The fourth-order valence-corrected chi connectivity index (χ4v) is 4.24. The number of carbonyl (C=O) groups excluding carboxylic acids is 1. The van der Waals surface area contributed by atoms with Crippen LogP contribution in [0.25, 0.3) is 16.9 Å². The number of benzene rings is 3. The molecule has 6 nitrogen and oxygen atoms in total. The molecule has 1 fully saturated rings. The average molecular weight is 475 g/mol. The first kappa shape index (κ1) is 22.6. The molecule has 4 aromatic rings. The van der Waals surface area contributed by atoms with Gasteiger partial charge in [0.2, 0.25) is 0 Å². The van der Waals surface area contributed by atoms with Gasteiger partial charge >= 0.3 is 0 Å². The van der Waals surface area contributed by atoms with Gasteiger partial charge in [-0.25, -0.2) is 13.5 Å². The van der Waals surface area contributed by atoms with Crippen LogP contribution < -0.4 is 9.64 Å². The smallest absolute Gasteiger partial charge is 0.272 e. The van der Waals surface area contributed by atoms with Gasteiger partial charge in [-0.05, 0) is 66.7 Å². The zero-order chi connectivity index (χ0) is 24.4. The van der Waals surface area contributed by atoms with E-state index < -0.39 is 0 Å². The summed E-state index contributed by atoms with van der Waals surface area (Å²) in [6.07, 6.45) is 0. The first-order valence-electron chi connectivity index (χ1n) is 11.3. The molecule has 35 heavy (non-hydrogen) atoms. The number of methoxy groups -OCH3 is 1. The number of para-hydroxylation sites is 1. The number of nitrogens with zero attached hydrogens (tertiary/aromatic N) is 4. The van der Waals surface area contributed by atoms with Crippen molar-refractivity contribution in [3.63, 3.8) is 0 Å². The molecule has 178 valence electrons. The van der Waals surface area contributed by atoms with Crippen LogP contribution in [-0.2, 0) is 0 Å². The maximum absolute atomic E-state index is 14.2. The number of piperazine rings is 1. The Morgan fingerprint density at radius 1 is 0.886 bits per heavy atom. The molecule has 1 aliphatic heterocycles. The fourth-order valence-electron chi connectivity index (χ4n) is 4.24. The number of hydrogen-bond donors (Lipinski definition) is 0. The highest BCUT2D eigenvalue weighted by atomic mass is 19.1. The van der Waals surface area contributed by atoms with Crippen LogP contribution in [0.2, 0.25) is 0 Å². The van der Waals surface area contributed by atoms with Crippen LogP contribution >= 0.6 is 0 Å². The molecular weight excluding hydrogens is 450 g/mol. The van der Waals surface area contributed by atoms with Gasteiger partial charge in [-0.15, -0.1) is 0 Å². The van der Waals surface area contributed by atoms with E-state index in [9.17, 15) is 13.6 Å². The van der Waals surface area contributed by atoms with E-state index in [1.165, 1.54) is 18.2 Å². The molecule has 0 bridgehead atoms. The van der Waals surface area contributed by atoms with Crippen molar-refractivity contribution in [3.8, 4) is 22.7 Å². The lowest BCUT2D eigenvalue weighted by molar-refractivity contribution is 0.0737. The molecule has 0 N–H and O–H groups in total. The Balaban J connectivity index is 1.44. The van der Waals surface area contributed by atoms with Crippen LogP contribution in [-0.4, -0.2) is 53.9 Å². The fraction of sp³-hybridized carbons (Fsp3) is 0.185. The normalized spacial score (nSPS) is 13.7. The van der Waals surface area contributed by atoms with Crippen molar-refractivity contribution < 1.29 is 18.3 Å². The number of halogens is 2. The standard InChI is InChI=1S/C27H24F2N4O2/c1-35-22-12-10-21(11-13-22)33-26(18-24(30-33)19-6-8-20(28)9-7-19)27(34)32-16-14-31(15-17-32)25-5-3-2-4-23(25)29/h2-13,18H,14-17H2,1H3. The molecule has 0 saturated carbocycles. The van der Waals surface area contributed by atoms with E-state index in [1.54, 1.807) is 65.2 Å². The Kier molecular flexibility index (Phi) is 6.18. The van der Waals surface area contributed by atoms with Gasteiger partial charge in [-0.3, -0.25) is 4.79 Å². The van der Waals surface area contributed by atoms with Crippen molar-refractivity contribution >= 4 is 11.6 Å². The molecule has 0 unspecified atom stereocenters. The summed E-state index contributed by atoms with van der Waals surface area (Å²) >= 11 is 0. The van der Waals surface area contributed by atoms with Gasteiger partial charge in [0.15, 0.2) is 0 Å². The monoisotopic (exact) mass is 474 g/mol. The zero-order valence-electron chi connectivity index (χ0n) is 19.2. The first-order valence-corrected chi connectivity index (χ1v) is 11.3. The van der Waals surface area contributed by atoms with Gasteiger partial charge in [-0.1, -0.05) is 12.1 Å². The highest BCUT2D eigenvalue weighted by molar-refractivity contribution is 5.94. The number of hydrogen-bond acceptors (Lipinski definition) is 4. The summed E-state index contributed by atoms with van der Waals surface area (Å²) in [4.78, 5) is 17.3. The third kappa shape index (κ3) is 4.59. The highest BCUT2D eigenvalue weighted by Gasteiger charge is 2.27. The summed E-state index contributed by atoms with van der Waals surface area (Å²) in [5.41, 5.74) is 2.91. The van der Waals surface area contributed by atoms with Gasteiger partial charge in [0.25, 0.3) is 5.91 Å². The molecular formula is C27H24F2N4O2. The average Bonchev–Trinajstić information content (AvgIpc) is 3.35. The largest absolute Gasteiger partial charge is 0.497 e. The molecule has 1 saturated heterocycles. The minimum absolute atomic E-state index is 0.171. The number of amides is 1. The van der Waals surface area contributed by atoms with Gasteiger partial charge in [0, 0.05) is 31.7 Å². The zero-order valence-corrected chi connectivity index (χ0v) is 19.2. The van der Waals surface area contributed by atoms with Crippen molar-refractivity contribution in [1.82, 2.24) is 14.7 Å². The first-order chi connectivity index (χ1) is 17.0. The molecule has 0 radical (unpaired) electrons. The summed E-state index contributed by atoms with van der Waals surface area (Å²) < 4.78 is 34.5. The van der Waals surface area contributed by atoms with Gasteiger partial charge in [0.05, 0.1) is 24.2 Å². The van der Waals surface area contributed by atoms with Crippen LogP contribution in [0.1, 0.15) is 10.5 Å². The topological polar surface area (TPSA) is 50.6 Å². The molecule has 5 rings (SSSR count). The van der Waals surface area contributed by atoms with Crippen molar-refractivity contribution in [1.29, 1.82) is 0 Å². The summed E-state index contributed by atoms with van der Waals surface area (Å²) in [7, 11) is 1.59. The van der Waals surface area contributed by atoms with E-state index in [-0.39, 0.29) is 17.5 Å². The number of rotatable bonds is 5. The van der Waals surface area contributed by atoms with E-state index in [0.29, 0.717) is 60.3 Å². The minimum Gasteiger partial charge on any atom is -0.497 e. The molecule has 1 aliphatic rings. The molecule has 0 atom stereocenters. The third-order valence-electron chi connectivity index (χ3n) is 6.15. The van der Waals surface area contributed by atoms with Crippen molar-refractivity contribution in [2.24, 2.45) is 0 Å². The molecule has 1 amide bonds. The van der Waals surface area contributed by atoms with Gasteiger partial charge in [-0.2, -0.15) is 5.10 Å². The van der Waals surface area contributed by atoms with E-state index in [1.807, 2.05) is 17.0 Å². The summed E-state index contributed by atoms with van der Waals surface area (Å²) in [6.45, 7) is 1.95. The Morgan fingerprint density at radius 3 is 2.23 bits per heavy atom. The number of ether oxygens (including phenoxy) is 1. The lowest BCUT2D eigenvalue weighted by atomic mass is 10.1. The van der Waals surface area contributed by atoms with E-state index in [2.05, 4.69) is 5.10 Å². The van der Waals surface area contributed by atoms with Crippen molar-refractivity contribution in [2.75, 3.05) is 38.2 Å². The second-order valence-electron chi connectivity index (χ2n) is 8.26. The van der Waals surface area contributed by atoms with Gasteiger partial charge in [0.1, 0.15) is 23.1 Å². The van der Waals surface area contributed by atoms with E-state index in [4.69, 9.17) is 4.74 Å². The molecule has 2 heterocycles. The van der Waals surface area contributed by atoms with Crippen LogP contribution in [0.4, 0.5) is 14.5 Å². The maximum Gasteiger partial charge on any atom is 0.272 e. The summed E-state index contributed by atoms with van der Waals surface area (Å²) in [5.74, 6) is -0.0900. The Bertz CT molecular complexity index is 1330. The lowest BCUT2D eigenvalue weighted by Gasteiger charge is -2.36. The number of anilines is 1. The second kappa shape index (κ2) is 9.58. The van der Waals surface area contributed by atoms with Crippen LogP contribution in [0, 0.1) is 11.6 Å². The predicted molar refractivity (Wildman–Crippen MR) is 130 cm³/mol. The van der Waals surface area contributed by atoms with Crippen LogP contribution in [0.3, 0.4) is 0 Å². The summed E-state index contributed by atoms with van der Waals surface area (Å²) in [6, 6.07) is 21.6. The molecule has 8 heteroatoms. The van der Waals surface area contributed by atoms with Crippen molar-refractivity contribution in [2.45, 2.75) is 0 Å². The van der Waals surface area contributed by atoms with Crippen LogP contribution in [0.5, 0.6) is 5.75 Å². The number of carbonyl (C=O) groups is 1. The predicted octanol–water partition coefficient (Wildman–Crippen LogP) is 4.79. The Morgan fingerprint density at radius 2 is 1.57 bits per heavy atom. The minimum atomic E-state index is -0.340. The van der Waals surface area contributed by atoms with E-state index >= 15 is 0 Å². The molecule has 1 aromatic heterocycles. The lowest BCUT2D eigenvalue weighted by Crippen LogP contribution is -2.49. The van der Waals surface area contributed by atoms with Crippen molar-refractivity contribution in [3.05, 3.63) is 96.2 Å². The quantitative estimate of drug-likeness (QED) is 0.418. The Hall–Kier alpha value is -4.20. The summed E-state index contributed by atoms with van der Waals surface area (Å²) in [5, 5.41) is 4.67. The second-order valence-corrected chi connectivity index (χ2v) is 8.26. The van der Waals surface area contributed by atoms with Crippen LogP contribution in [0.15, 0.2) is 78.9 Å². The van der Waals surface area contributed by atoms with Gasteiger partial charge < -0.3 is 14.5 Å². The Labute approximate surface area is 202 Å². The molecule has 3 aromatic carbocycles. The van der Waals surface area contributed by atoms with E-state index in [0.717, 1.165) is 0 Å². The number of aromatic nitrogens is 2. The SMILES string of the molecule is COc1ccc(-n2nc(-c3ccc(F)cc3)cc2C(=O)N2CCN(c3ccccc3F)CC2)cc1. The maximum atomic E-state index is 14.2.